The molecule has 0 N–H and O–H groups in total. The first kappa shape index (κ1) is 9.24. The van der Waals surface area contributed by atoms with Crippen LogP contribution in [0.1, 0.15) is 26.2 Å². The Morgan fingerprint density at radius 1 is 1.55 bits per heavy atom. The Hall–Kier alpha value is 0.150. The van der Waals surface area contributed by atoms with E-state index in [0.29, 0.717) is 6.61 Å². The fourth-order valence-electron chi connectivity index (χ4n) is 1.01. The number of hydrogen-bond donors (Lipinski definition) is 0. The summed E-state index contributed by atoms with van der Waals surface area (Å²) in [4.78, 5) is 0. The Morgan fingerprint density at radius 3 is 2.55 bits per heavy atom. The minimum absolute atomic E-state index is 0.192. The molecule has 1 unspecified atom stereocenters. The van der Waals surface area contributed by atoms with Crippen LogP contribution in [0.2, 0.25) is 0 Å². The lowest BCUT2D eigenvalue weighted by molar-refractivity contribution is 0.0940. The Kier molecular flexibility index (Phi) is 3.11. The lowest BCUT2D eigenvalue weighted by Gasteiger charge is -2.27. The van der Waals surface area contributed by atoms with Gasteiger partial charge in [-0.15, -0.1) is 0 Å². The fourth-order valence-corrected chi connectivity index (χ4v) is 2.29. The molecule has 0 aromatic heterocycles. The van der Waals surface area contributed by atoms with Gasteiger partial charge in [-0.3, -0.25) is 4.57 Å². The van der Waals surface area contributed by atoms with Gasteiger partial charge in [-0.1, -0.05) is 0 Å². The summed E-state index contributed by atoms with van der Waals surface area (Å²) in [5, 5.41) is 0. The third kappa shape index (κ3) is 2.94. The van der Waals surface area contributed by atoms with Gasteiger partial charge in [0.1, 0.15) is 0 Å². The first-order valence-corrected chi connectivity index (χ1v) is 6.03. The van der Waals surface area contributed by atoms with Crippen LogP contribution in [-0.4, -0.2) is 19.4 Å². The molecule has 0 saturated heterocycles. The smallest absolute Gasteiger partial charge is 0.309 e. The maximum Gasteiger partial charge on any atom is 0.327 e. The molecule has 1 atom stereocenters. The summed E-state index contributed by atoms with van der Waals surface area (Å²) in [5.41, 5.74) is 0. The minimum atomic E-state index is -2.71. The van der Waals surface area contributed by atoms with Crippen molar-refractivity contribution in [2.24, 2.45) is 0 Å². The van der Waals surface area contributed by atoms with Gasteiger partial charge in [0.25, 0.3) is 0 Å². The highest BCUT2D eigenvalue weighted by Crippen LogP contribution is 2.47. The molecule has 66 valence electrons. The van der Waals surface area contributed by atoms with Crippen LogP contribution in [0.15, 0.2) is 0 Å². The molecule has 0 aliphatic heterocycles. The molecule has 0 aromatic carbocycles. The minimum Gasteiger partial charge on any atom is -0.309 e. The summed E-state index contributed by atoms with van der Waals surface area (Å²) in [6, 6.07) is 0. The van der Waals surface area contributed by atoms with Gasteiger partial charge in [0.05, 0.1) is 12.7 Å². The molecule has 3 nitrogen and oxygen atoms in total. The van der Waals surface area contributed by atoms with Crippen LogP contribution in [0.25, 0.3) is 0 Å². The summed E-state index contributed by atoms with van der Waals surface area (Å²) in [5.74, 6) is 0. The molecular weight excluding hydrogens is 163 g/mol. The molecule has 0 amide bonds. The van der Waals surface area contributed by atoms with E-state index in [1.807, 2.05) is 6.92 Å². The summed E-state index contributed by atoms with van der Waals surface area (Å²) >= 11 is 0. The van der Waals surface area contributed by atoms with E-state index >= 15 is 0 Å². The first-order chi connectivity index (χ1) is 5.14. The highest BCUT2D eigenvalue weighted by atomic mass is 31.2. The average Bonchev–Trinajstić information content (AvgIpc) is 1.79. The molecule has 0 radical (unpaired) electrons. The Labute approximate surface area is 67.6 Å². The van der Waals surface area contributed by atoms with Gasteiger partial charge in [0.15, 0.2) is 0 Å². The zero-order valence-electron chi connectivity index (χ0n) is 7.08. The Bertz CT molecular complexity index is 165. The summed E-state index contributed by atoms with van der Waals surface area (Å²) in [6.45, 7) is 3.82. The van der Waals surface area contributed by atoms with E-state index < -0.39 is 7.60 Å². The second-order valence-electron chi connectivity index (χ2n) is 2.85. The van der Waals surface area contributed by atoms with E-state index in [-0.39, 0.29) is 6.10 Å². The van der Waals surface area contributed by atoms with E-state index in [4.69, 9.17) is 9.05 Å². The van der Waals surface area contributed by atoms with E-state index in [9.17, 15) is 4.57 Å². The second-order valence-corrected chi connectivity index (χ2v) is 4.86. The SMILES string of the molecule is CCOP(C)(=O)OC1CCC1. The van der Waals surface area contributed by atoms with Gasteiger partial charge in [0.2, 0.25) is 0 Å². The van der Waals surface area contributed by atoms with Crippen LogP contribution in [0.3, 0.4) is 0 Å². The van der Waals surface area contributed by atoms with E-state index in [0.717, 1.165) is 12.8 Å². The van der Waals surface area contributed by atoms with Crippen molar-refractivity contribution in [2.75, 3.05) is 13.3 Å². The number of rotatable bonds is 4. The highest BCUT2D eigenvalue weighted by Gasteiger charge is 2.26. The molecule has 1 rings (SSSR count). The van der Waals surface area contributed by atoms with E-state index in [1.165, 1.54) is 13.1 Å². The van der Waals surface area contributed by atoms with Crippen LogP contribution >= 0.6 is 7.60 Å². The van der Waals surface area contributed by atoms with Crippen molar-refractivity contribution >= 4 is 7.60 Å². The third-order valence-corrected chi connectivity index (χ3v) is 3.16. The molecule has 1 aliphatic carbocycles. The fraction of sp³-hybridized carbons (Fsp3) is 1.00. The van der Waals surface area contributed by atoms with Crippen molar-refractivity contribution in [3.63, 3.8) is 0 Å². The predicted molar refractivity (Wildman–Crippen MR) is 43.9 cm³/mol. The molecule has 1 aliphatic rings. The molecule has 4 heteroatoms. The van der Waals surface area contributed by atoms with Gasteiger partial charge >= 0.3 is 7.60 Å². The predicted octanol–water partition coefficient (Wildman–Crippen LogP) is 2.41. The van der Waals surface area contributed by atoms with Gasteiger partial charge in [-0.25, -0.2) is 0 Å². The monoisotopic (exact) mass is 178 g/mol. The van der Waals surface area contributed by atoms with Gasteiger partial charge < -0.3 is 9.05 Å². The summed E-state index contributed by atoms with van der Waals surface area (Å²) < 4.78 is 21.6. The van der Waals surface area contributed by atoms with Crippen LogP contribution < -0.4 is 0 Å². The maximum absolute atomic E-state index is 11.4. The Balaban J connectivity index is 2.26. The molecule has 11 heavy (non-hydrogen) atoms. The molecule has 0 aromatic rings. The van der Waals surface area contributed by atoms with Crippen LogP contribution in [-0.2, 0) is 13.6 Å². The molecule has 1 saturated carbocycles. The molecule has 0 bridgehead atoms. The molecule has 0 heterocycles. The van der Waals surface area contributed by atoms with Crippen LogP contribution in [0, 0.1) is 0 Å². The standard InChI is InChI=1S/C7H15O3P/c1-3-9-11(2,8)10-7-5-4-6-7/h7H,3-6H2,1-2H3. The van der Waals surface area contributed by atoms with Crippen molar-refractivity contribution in [2.45, 2.75) is 32.3 Å². The van der Waals surface area contributed by atoms with Gasteiger partial charge in [-0.2, -0.15) is 0 Å². The van der Waals surface area contributed by atoms with Crippen molar-refractivity contribution in [1.29, 1.82) is 0 Å². The van der Waals surface area contributed by atoms with Crippen molar-refractivity contribution in [1.82, 2.24) is 0 Å². The molecule has 1 fully saturated rings. The van der Waals surface area contributed by atoms with Crippen molar-refractivity contribution < 1.29 is 13.6 Å². The summed E-state index contributed by atoms with van der Waals surface area (Å²) in [6.07, 6.45) is 3.45. The molecule has 0 spiro atoms. The van der Waals surface area contributed by atoms with Gasteiger partial charge in [0, 0.05) is 6.66 Å². The second kappa shape index (κ2) is 3.70. The normalized spacial score (nSPS) is 24.2. The topological polar surface area (TPSA) is 35.5 Å². The third-order valence-electron chi connectivity index (χ3n) is 1.76. The zero-order chi connectivity index (χ0) is 8.32. The van der Waals surface area contributed by atoms with Crippen LogP contribution in [0.5, 0.6) is 0 Å². The summed E-state index contributed by atoms with van der Waals surface area (Å²) in [7, 11) is -2.71. The zero-order valence-corrected chi connectivity index (χ0v) is 7.97. The number of hydrogen-bond acceptors (Lipinski definition) is 3. The Morgan fingerprint density at radius 2 is 2.18 bits per heavy atom. The quantitative estimate of drug-likeness (QED) is 0.620. The van der Waals surface area contributed by atoms with E-state index in [2.05, 4.69) is 0 Å². The van der Waals surface area contributed by atoms with E-state index in [1.54, 1.807) is 0 Å². The maximum atomic E-state index is 11.4. The van der Waals surface area contributed by atoms with Crippen molar-refractivity contribution in [3.05, 3.63) is 0 Å². The lowest BCUT2D eigenvalue weighted by Crippen LogP contribution is -2.20. The molecular formula is C7H15O3P. The highest BCUT2D eigenvalue weighted by molar-refractivity contribution is 7.53. The van der Waals surface area contributed by atoms with Crippen molar-refractivity contribution in [3.8, 4) is 0 Å². The van der Waals surface area contributed by atoms with Gasteiger partial charge in [-0.05, 0) is 26.2 Å². The van der Waals surface area contributed by atoms with Crippen LogP contribution in [0.4, 0.5) is 0 Å². The first-order valence-electron chi connectivity index (χ1n) is 4.04. The lowest BCUT2D eigenvalue weighted by atomic mass is 9.97. The average molecular weight is 178 g/mol. The largest absolute Gasteiger partial charge is 0.327 e.